The Hall–Kier alpha value is -1.43. The summed E-state index contributed by atoms with van der Waals surface area (Å²) in [4.78, 5) is 37.9. The van der Waals surface area contributed by atoms with Crippen LogP contribution in [0.15, 0.2) is 0 Å². The van der Waals surface area contributed by atoms with Gasteiger partial charge in [0.15, 0.2) is 0 Å². The summed E-state index contributed by atoms with van der Waals surface area (Å²) in [5, 5.41) is 2.85. The Kier molecular flexibility index (Phi) is 4.84. The van der Waals surface area contributed by atoms with Crippen molar-refractivity contribution in [2.45, 2.75) is 38.8 Å². The first kappa shape index (κ1) is 14.6. The van der Waals surface area contributed by atoms with Crippen molar-refractivity contribution in [1.29, 1.82) is 0 Å². The van der Waals surface area contributed by atoms with Crippen molar-refractivity contribution in [1.82, 2.24) is 15.1 Å². The van der Waals surface area contributed by atoms with E-state index in [1.54, 1.807) is 14.1 Å². The zero-order valence-electron chi connectivity index (χ0n) is 11.4. The molecule has 6 nitrogen and oxygen atoms in total. The van der Waals surface area contributed by atoms with E-state index >= 15 is 0 Å². The smallest absolute Gasteiger partial charge is 0.247 e. The SMILES string of the molecule is CCC(C)N1C(=O)CC(NCC(=O)N(C)C)C1=O. The molecule has 0 aromatic carbocycles. The first-order valence-electron chi connectivity index (χ1n) is 6.17. The van der Waals surface area contributed by atoms with Gasteiger partial charge in [0.2, 0.25) is 17.7 Å². The van der Waals surface area contributed by atoms with Gasteiger partial charge in [-0.25, -0.2) is 0 Å². The molecule has 6 heteroatoms. The highest BCUT2D eigenvalue weighted by molar-refractivity contribution is 6.06. The molecular formula is C12H21N3O3. The first-order valence-corrected chi connectivity index (χ1v) is 6.17. The Morgan fingerprint density at radius 2 is 2.11 bits per heavy atom. The summed E-state index contributed by atoms with van der Waals surface area (Å²) >= 11 is 0. The van der Waals surface area contributed by atoms with Crippen LogP contribution in [-0.4, -0.2) is 60.2 Å². The molecule has 0 radical (unpaired) electrons. The lowest BCUT2D eigenvalue weighted by Gasteiger charge is -2.21. The first-order chi connectivity index (χ1) is 8.38. The van der Waals surface area contributed by atoms with E-state index in [0.29, 0.717) is 0 Å². The molecule has 2 atom stereocenters. The molecule has 0 aromatic heterocycles. The number of rotatable bonds is 5. The molecule has 0 spiro atoms. The van der Waals surface area contributed by atoms with E-state index in [1.807, 2.05) is 13.8 Å². The molecule has 1 saturated heterocycles. The molecule has 3 amide bonds. The normalized spacial score (nSPS) is 21.3. The molecule has 0 aromatic rings. The summed E-state index contributed by atoms with van der Waals surface area (Å²) < 4.78 is 0. The number of hydrogen-bond donors (Lipinski definition) is 1. The number of amides is 3. The van der Waals surface area contributed by atoms with Gasteiger partial charge in [-0.2, -0.15) is 0 Å². The summed E-state index contributed by atoms with van der Waals surface area (Å²) in [5.74, 6) is -0.498. The Bertz CT molecular complexity index is 354. The lowest BCUT2D eigenvalue weighted by atomic mass is 10.2. The van der Waals surface area contributed by atoms with Crippen molar-refractivity contribution in [3.8, 4) is 0 Å². The molecule has 18 heavy (non-hydrogen) atoms. The molecule has 2 unspecified atom stereocenters. The molecule has 1 rings (SSSR count). The van der Waals surface area contributed by atoms with Crippen molar-refractivity contribution in [3.05, 3.63) is 0 Å². The van der Waals surface area contributed by atoms with E-state index in [9.17, 15) is 14.4 Å². The standard InChI is InChI=1S/C12H21N3O3/c1-5-8(2)15-10(16)6-9(12(15)18)13-7-11(17)14(3)4/h8-9,13H,5-7H2,1-4H3. The number of hydrogen-bond acceptors (Lipinski definition) is 4. The molecule has 1 heterocycles. The Balaban J connectivity index is 2.58. The molecule has 1 aliphatic rings. The number of likely N-dealkylation sites (N-methyl/N-ethyl adjacent to an activating group) is 1. The van der Waals surface area contributed by atoms with Crippen molar-refractivity contribution in [3.63, 3.8) is 0 Å². The van der Waals surface area contributed by atoms with Crippen LogP contribution in [0.5, 0.6) is 0 Å². The molecule has 0 saturated carbocycles. The summed E-state index contributed by atoms with van der Waals surface area (Å²) in [6, 6.07) is -0.642. The minimum atomic E-state index is -0.560. The highest BCUT2D eigenvalue weighted by Crippen LogP contribution is 2.17. The van der Waals surface area contributed by atoms with Crippen LogP contribution in [0, 0.1) is 0 Å². The van der Waals surface area contributed by atoms with E-state index in [4.69, 9.17) is 0 Å². The molecule has 1 fully saturated rings. The predicted octanol–water partition coefficient (Wildman–Crippen LogP) is -0.410. The fourth-order valence-corrected chi connectivity index (χ4v) is 1.82. The van der Waals surface area contributed by atoms with Gasteiger partial charge in [-0.1, -0.05) is 6.92 Å². The number of likely N-dealkylation sites (tertiary alicyclic amines) is 1. The Labute approximate surface area is 107 Å². The van der Waals surface area contributed by atoms with E-state index in [-0.39, 0.29) is 36.7 Å². The van der Waals surface area contributed by atoms with Gasteiger partial charge < -0.3 is 4.90 Å². The van der Waals surface area contributed by atoms with Crippen LogP contribution >= 0.6 is 0 Å². The molecule has 0 bridgehead atoms. The van der Waals surface area contributed by atoms with E-state index in [0.717, 1.165) is 6.42 Å². The van der Waals surface area contributed by atoms with Crippen molar-refractivity contribution >= 4 is 17.7 Å². The van der Waals surface area contributed by atoms with Gasteiger partial charge in [0.05, 0.1) is 19.0 Å². The summed E-state index contributed by atoms with van der Waals surface area (Å²) in [5.41, 5.74) is 0. The predicted molar refractivity (Wildman–Crippen MR) is 66.7 cm³/mol. The van der Waals surface area contributed by atoms with Crippen LogP contribution in [-0.2, 0) is 14.4 Å². The Morgan fingerprint density at radius 1 is 1.50 bits per heavy atom. The maximum atomic E-state index is 12.0. The van der Waals surface area contributed by atoms with Gasteiger partial charge in [-0.3, -0.25) is 24.6 Å². The second kappa shape index (κ2) is 5.95. The summed E-state index contributed by atoms with van der Waals surface area (Å²) in [6.45, 7) is 3.86. The van der Waals surface area contributed by atoms with Crippen LogP contribution in [0.25, 0.3) is 0 Å². The number of imide groups is 1. The number of nitrogens with one attached hydrogen (secondary N) is 1. The maximum Gasteiger partial charge on any atom is 0.247 e. The minimum Gasteiger partial charge on any atom is -0.348 e. The molecule has 0 aliphatic carbocycles. The van der Waals surface area contributed by atoms with Crippen LogP contribution < -0.4 is 5.32 Å². The average molecular weight is 255 g/mol. The third kappa shape index (κ3) is 3.07. The van der Waals surface area contributed by atoms with Crippen LogP contribution in [0.2, 0.25) is 0 Å². The number of carbonyl (C=O) groups is 3. The number of carbonyl (C=O) groups excluding carboxylic acids is 3. The van der Waals surface area contributed by atoms with E-state index < -0.39 is 6.04 Å². The second-order valence-electron chi connectivity index (χ2n) is 4.79. The second-order valence-corrected chi connectivity index (χ2v) is 4.79. The van der Waals surface area contributed by atoms with Gasteiger partial charge >= 0.3 is 0 Å². The highest BCUT2D eigenvalue weighted by Gasteiger charge is 2.40. The quantitative estimate of drug-likeness (QED) is 0.678. The van der Waals surface area contributed by atoms with Crippen LogP contribution in [0.1, 0.15) is 26.7 Å². The topological polar surface area (TPSA) is 69.7 Å². The van der Waals surface area contributed by atoms with Gasteiger partial charge in [0.1, 0.15) is 0 Å². The maximum absolute atomic E-state index is 12.0. The summed E-state index contributed by atoms with van der Waals surface area (Å²) in [6.07, 6.45) is 0.880. The minimum absolute atomic E-state index is 0.0744. The van der Waals surface area contributed by atoms with Crippen molar-refractivity contribution in [2.24, 2.45) is 0 Å². The lowest BCUT2D eigenvalue weighted by molar-refractivity contribution is -0.141. The van der Waals surface area contributed by atoms with Gasteiger partial charge in [-0.15, -0.1) is 0 Å². The monoisotopic (exact) mass is 255 g/mol. The lowest BCUT2D eigenvalue weighted by Crippen LogP contribution is -2.45. The zero-order chi connectivity index (χ0) is 13.9. The average Bonchev–Trinajstić information content (AvgIpc) is 2.60. The van der Waals surface area contributed by atoms with Gasteiger partial charge in [0.25, 0.3) is 0 Å². The van der Waals surface area contributed by atoms with Gasteiger partial charge in [0, 0.05) is 20.1 Å². The fourth-order valence-electron chi connectivity index (χ4n) is 1.82. The van der Waals surface area contributed by atoms with Crippen LogP contribution in [0.4, 0.5) is 0 Å². The van der Waals surface area contributed by atoms with Crippen molar-refractivity contribution in [2.75, 3.05) is 20.6 Å². The third-order valence-electron chi connectivity index (χ3n) is 3.21. The molecule has 1 N–H and O–H groups in total. The molecule has 102 valence electrons. The van der Waals surface area contributed by atoms with Gasteiger partial charge in [-0.05, 0) is 13.3 Å². The van der Waals surface area contributed by atoms with Crippen molar-refractivity contribution < 1.29 is 14.4 Å². The van der Waals surface area contributed by atoms with E-state index in [1.165, 1.54) is 9.80 Å². The van der Waals surface area contributed by atoms with Crippen LogP contribution in [0.3, 0.4) is 0 Å². The molecule has 1 aliphatic heterocycles. The zero-order valence-corrected chi connectivity index (χ0v) is 11.4. The highest BCUT2D eigenvalue weighted by atomic mass is 16.2. The molecular weight excluding hydrogens is 234 g/mol. The number of nitrogens with zero attached hydrogens (tertiary/aromatic N) is 2. The fraction of sp³-hybridized carbons (Fsp3) is 0.750. The third-order valence-corrected chi connectivity index (χ3v) is 3.21. The summed E-state index contributed by atoms with van der Waals surface area (Å²) in [7, 11) is 3.30. The van der Waals surface area contributed by atoms with E-state index in [2.05, 4.69) is 5.32 Å². The largest absolute Gasteiger partial charge is 0.348 e. The Morgan fingerprint density at radius 3 is 2.61 bits per heavy atom.